The summed E-state index contributed by atoms with van der Waals surface area (Å²) in [5.74, 6) is -0.672. The van der Waals surface area contributed by atoms with Crippen molar-refractivity contribution in [1.29, 1.82) is 0 Å². The van der Waals surface area contributed by atoms with E-state index in [9.17, 15) is 31.4 Å². The Labute approximate surface area is 208 Å². The molecule has 0 aliphatic carbocycles. The van der Waals surface area contributed by atoms with Crippen molar-refractivity contribution < 1.29 is 36.2 Å². The summed E-state index contributed by atoms with van der Waals surface area (Å²) in [6.07, 6.45) is -8.31. The standard InChI is InChI=1S/C26H21F6N3O2/c1-24(2,17-8-13-22(33-15-17)25(27,28)29)34-20-14-21(16-6-4-3-5-7-16)35(23(20)36)18-9-11-19(12-10-18)37-26(30,31)32/h3-15,34,36H,1-2H3. The van der Waals surface area contributed by atoms with Crippen molar-refractivity contribution in [3.63, 3.8) is 0 Å². The Morgan fingerprint density at radius 1 is 0.865 bits per heavy atom. The molecule has 2 aromatic heterocycles. The van der Waals surface area contributed by atoms with Gasteiger partial charge in [-0.15, -0.1) is 13.2 Å². The van der Waals surface area contributed by atoms with Crippen LogP contribution in [0, 0.1) is 0 Å². The van der Waals surface area contributed by atoms with E-state index < -0.39 is 29.5 Å². The van der Waals surface area contributed by atoms with Crippen molar-refractivity contribution in [3.05, 3.63) is 90.3 Å². The highest BCUT2D eigenvalue weighted by Gasteiger charge is 2.33. The van der Waals surface area contributed by atoms with Gasteiger partial charge in [0, 0.05) is 11.9 Å². The third kappa shape index (κ3) is 5.82. The van der Waals surface area contributed by atoms with Crippen LogP contribution in [-0.4, -0.2) is 21.0 Å². The molecule has 2 aromatic carbocycles. The van der Waals surface area contributed by atoms with Gasteiger partial charge in [0.1, 0.15) is 11.4 Å². The summed E-state index contributed by atoms with van der Waals surface area (Å²) < 4.78 is 81.8. The number of rotatable bonds is 6. The quantitative estimate of drug-likeness (QED) is 0.258. The normalized spacial score (nSPS) is 12.4. The molecular formula is C26H21F6N3O2. The van der Waals surface area contributed by atoms with Crippen LogP contribution >= 0.6 is 0 Å². The average Bonchev–Trinajstić information content (AvgIpc) is 3.14. The Bertz CT molecular complexity index is 1360. The van der Waals surface area contributed by atoms with Gasteiger partial charge in [-0.2, -0.15) is 13.2 Å². The van der Waals surface area contributed by atoms with Gasteiger partial charge in [-0.05, 0) is 61.4 Å². The number of pyridine rings is 1. The topological polar surface area (TPSA) is 59.3 Å². The molecule has 0 saturated heterocycles. The molecule has 2 N–H and O–H groups in total. The average molecular weight is 521 g/mol. The van der Waals surface area contributed by atoms with Crippen molar-refractivity contribution in [1.82, 2.24) is 9.55 Å². The Morgan fingerprint density at radius 2 is 1.51 bits per heavy atom. The number of hydrogen-bond acceptors (Lipinski definition) is 4. The predicted molar refractivity (Wildman–Crippen MR) is 125 cm³/mol. The highest BCUT2D eigenvalue weighted by atomic mass is 19.4. The van der Waals surface area contributed by atoms with E-state index in [1.54, 1.807) is 50.2 Å². The number of nitrogens with one attached hydrogen (secondary N) is 1. The van der Waals surface area contributed by atoms with Gasteiger partial charge in [0.05, 0.1) is 16.9 Å². The molecule has 11 heteroatoms. The molecule has 0 spiro atoms. The summed E-state index contributed by atoms with van der Waals surface area (Å²) >= 11 is 0. The van der Waals surface area contributed by atoms with Crippen LogP contribution in [0.1, 0.15) is 25.1 Å². The molecule has 4 rings (SSSR count). The fraction of sp³-hybridized carbons (Fsp3) is 0.192. The van der Waals surface area contributed by atoms with Crippen molar-refractivity contribution in [2.24, 2.45) is 0 Å². The Kier molecular flexibility index (Phi) is 6.57. The molecular weight excluding hydrogens is 500 g/mol. The Morgan fingerprint density at radius 3 is 2.05 bits per heavy atom. The molecule has 37 heavy (non-hydrogen) atoms. The van der Waals surface area contributed by atoms with Crippen LogP contribution in [0.3, 0.4) is 0 Å². The largest absolute Gasteiger partial charge is 0.573 e. The first kappa shape index (κ1) is 25.9. The smallest absolute Gasteiger partial charge is 0.493 e. The molecule has 0 aliphatic heterocycles. The lowest BCUT2D eigenvalue weighted by molar-refractivity contribution is -0.274. The summed E-state index contributed by atoms with van der Waals surface area (Å²) in [6, 6.07) is 17.8. The zero-order chi connectivity index (χ0) is 27.0. The van der Waals surface area contributed by atoms with Gasteiger partial charge in [0.2, 0.25) is 5.88 Å². The molecule has 0 unspecified atom stereocenters. The van der Waals surface area contributed by atoms with E-state index in [-0.39, 0.29) is 11.6 Å². The predicted octanol–water partition coefficient (Wildman–Crippen LogP) is 7.51. The molecule has 0 saturated carbocycles. The minimum absolute atomic E-state index is 0.249. The van der Waals surface area contributed by atoms with Crippen LogP contribution in [-0.2, 0) is 11.7 Å². The number of ether oxygens (including phenoxy) is 1. The summed E-state index contributed by atoms with van der Waals surface area (Å²) in [5, 5.41) is 14.3. The lowest BCUT2D eigenvalue weighted by atomic mass is 9.95. The summed E-state index contributed by atoms with van der Waals surface area (Å²) in [4.78, 5) is 3.51. The maximum atomic E-state index is 12.9. The molecule has 0 bridgehead atoms. The second-order valence-electron chi connectivity index (χ2n) is 8.69. The molecule has 2 heterocycles. The zero-order valence-electron chi connectivity index (χ0n) is 19.5. The highest BCUT2D eigenvalue weighted by Crippen LogP contribution is 2.40. The van der Waals surface area contributed by atoms with Crippen molar-refractivity contribution >= 4 is 5.69 Å². The Balaban J connectivity index is 1.73. The summed E-state index contributed by atoms with van der Waals surface area (Å²) in [7, 11) is 0. The summed E-state index contributed by atoms with van der Waals surface area (Å²) in [5.41, 5.74) is 0.279. The molecule has 4 aromatic rings. The number of benzene rings is 2. The Hall–Kier alpha value is -4.15. The summed E-state index contributed by atoms with van der Waals surface area (Å²) in [6.45, 7) is 3.42. The van der Waals surface area contributed by atoms with Gasteiger partial charge in [-0.1, -0.05) is 36.4 Å². The lowest BCUT2D eigenvalue weighted by Crippen LogP contribution is -2.28. The minimum atomic E-state index is -4.85. The van der Waals surface area contributed by atoms with Crippen molar-refractivity contribution in [3.8, 4) is 28.6 Å². The molecule has 0 aliphatic rings. The van der Waals surface area contributed by atoms with E-state index in [1.807, 2.05) is 0 Å². The van der Waals surface area contributed by atoms with E-state index in [0.717, 1.165) is 24.4 Å². The van der Waals surface area contributed by atoms with E-state index in [0.29, 0.717) is 22.5 Å². The first-order chi connectivity index (χ1) is 17.2. The zero-order valence-corrected chi connectivity index (χ0v) is 19.5. The van der Waals surface area contributed by atoms with Gasteiger partial charge in [-0.3, -0.25) is 9.55 Å². The third-order valence-corrected chi connectivity index (χ3v) is 5.60. The number of halogens is 6. The van der Waals surface area contributed by atoms with Crippen LogP contribution in [0.25, 0.3) is 16.9 Å². The monoisotopic (exact) mass is 521 g/mol. The van der Waals surface area contributed by atoms with E-state index in [4.69, 9.17) is 0 Å². The number of hydrogen-bond donors (Lipinski definition) is 2. The van der Waals surface area contributed by atoms with Crippen LogP contribution < -0.4 is 10.1 Å². The molecule has 0 atom stereocenters. The van der Waals surface area contributed by atoms with Crippen LogP contribution in [0.5, 0.6) is 11.6 Å². The van der Waals surface area contributed by atoms with Gasteiger partial charge in [-0.25, -0.2) is 0 Å². The molecule has 0 amide bonds. The van der Waals surface area contributed by atoms with E-state index in [1.165, 1.54) is 22.8 Å². The molecule has 0 radical (unpaired) electrons. The fourth-order valence-electron chi connectivity index (χ4n) is 3.81. The van der Waals surface area contributed by atoms with Crippen molar-refractivity contribution in [2.75, 3.05) is 5.32 Å². The number of alkyl halides is 6. The second-order valence-corrected chi connectivity index (χ2v) is 8.69. The first-order valence-electron chi connectivity index (χ1n) is 10.9. The number of aromatic nitrogens is 2. The molecule has 194 valence electrons. The van der Waals surface area contributed by atoms with Gasteiger partial charge in [0.15, 0.2) is 0 Å². The van der Waals surface area contributed by atoms with E-state index in [2.05, 4.69) is 15.0 Å². The molecule has 0 fully saturated rings. The maximum Gasteiger partial charge on any atom is 0.573 e. The fourth-order valence-corrected chi connectivity index (χ4v) is 3.81. The highest BCUT2D eigenvalue weighted by molar-refractivity contribution is 5.74. The SMILES string of the molecule is CC(C)(Nc1cc(-c2ccccc2)n(-c2ccc(OC(F)(F)F)cc2)c1O)c1ccc(C(F)(F)F)nc1. The van der Waals surface area contributed by atoms with Gasteiger partial charge < -0.3 is 15.2 Å². The van der Waals surface area contributed by atoms with Crippen LogP contribution in [0.2, 0.25) is 0 Å². The molecule has 5 nitrogen and oxygen atoms in total. The maximum absolute atomic E-state index is 12.9. The van der Waals surface area contributed by atoms with E-state index >= 15 is 0 Å². The number of anilines is 1. The van der Waals surface area contributed by atoms with Crippen molar-refractivity contribution in [2.45, 2.75) is 31.9 Å². The lowest BCUT2D eigenvalue weighted by Gasteiger charge is -2.27. The minimum Gasteiger partial charge on any atom is -0.493 e. The number of nitrogens with zero attached hydrogens (tertiary/aromatic N) is 2. The van der Waals surface area contributed by atoms with Gasteiger partial charge in [0.25, 0.3) is 0 Å². The number of aromatic hydroxyl groups is 1. The van der Waals surface area contributed by atoms with Crippen LogP contribution in [0.15, 0.2) is 79.0 Å². The van der Waals surface area contributed by atoms with Crippen LogP contribution in [0.4, 0.5) is 32.0 Å². The second kappa shape index (κ2) is 9.38. The first-order valence-corrected chi connectivity index (χ1v) is 10.9. The third-order valence-electron chi connectivity index (χ3n) is 5.60. The van der Waals surface area contributed by atoms with Gasteiger partial charge >= 0.3 is 12.5 Å².